The molecule has 0 radical (unpaired) electrons. The first-order valence-corrected chi connectivity index (χ1v) is 17.0. The smallest absolute Gasteiger partial charge is 0.195 e. The maximum atomic E-state index is 12.2. The van der Waals surface area contributed by atoms with Crippen molar-refractivity contribution in [3.8, 4) is 0 Å². The van der Waals surface area contributed by atoms with Gasteiger partial charge in [0.25, 0.3) is 0 Å². The van der Waals surface area contributed by atoms with Crippen LogP contribution in [-0.4, -0.2) is 98.3 Å². The third kappa shape index (κ3) is 4.56. The van der Waals surface area contributed by atoms with Gasteiger partial charge in [-0.25, -0.2) is 0 Å². The van der Waals surface area contributed by atoms with Gasteiger partial charge in [0.2, 0.25) is 0 Å². The maximum Gasteiger partial charge on any atom is 0.195 e. The molecule has 7 fully saturated rings. The van der Waals surface area contributed by atoms with Crippen LogP contribution >= 0.6 is 0 Å². The molecule has 19 atom stereocenters. The molecule has 0 aromatic carbocycles. The summed E-state index contributed by atoms with van der Waals surface area (Å²) in [5.74, 6) is 1.04. The standard InChI is InChI=1S/C33H54O10/c1-15-11-24(41-29(15)42-30-28(38)27(37)26(36)23(14-34)40-30)33(39)16(2)25-22(43-33)13-21-19-6-5-17-12-18(35)7-9-31(17,3)20(19)8-10-32(21,25)4/h15-30,34-39H,5-14H2,1-4H3. The normalized spacial score (nSPS) is 61.5. The molecule has 6 N–H and O–H groups in total. The van der Waals surface area contributed by atoms with Crippen molar-refractivity contribution in [2.75, 3.05) is 6.61 Å². The zero-order chi connectivity index (χ0) is 30.6. The first-order valence-electron chi connectivity index (χ1n) is 17.0. The molecule has 246 valence electrons. The lowest BCUT2D eigenvalue weighted by Crippen LogP contribution is -2.60. The molecule has 0 aromatic heterocycles. The predicted octanol–water partition coefficient (Wildman–Crippen LogP) is 1.91. The molecule has 7 rings (SSSR count). The van der Waals surface area contributed by atoms with Gasteiger partial charge in [-0.15, -0.1) is 0 Å². The van der Waals surface area contributed by atoms with Gasteiger partial charge in [-0.05, 0) is 98.2 Å². The fourth-order valence-electron chi connectivity index (χ4n) is 11.8. The highest BCUT2D eigenvalue weighted by atomic mass is 16.8. The van der Waals surface area contributed by atoms with E-state index in [1.807, 2.05) is 6.92 Å². The average Bonchev–Trinajstić information content (AvgIpc) is 3.58. The highest BCUT2D eigenvalue weighted by Crippen LogP contribution is 2.71. The molecule has 10 nitrogen and oxygen atoms in total. The summed E-state index contributed by atoms with van der Waals surface area (Å²) in [4.78, 5) is 0. The van der Waals surface area contributed by atoms with Crippen molar-refractivity contribution in [1.82, 2.24) is 0 Å². The zero-order valence-electron chi connectivity index (χ0n) is 26.1. The molecule has 7 aliphatic rings. The van der Waals surface area contributed by atoms with E-state index in [0.29, 0.717) is 35.5 Å². The largest absolute Gasteiger partial charge is 0.394 e. The van der Waals surface area contributed by atoms with Crippen molar-refractivity contribution >= 4 is 0 Å². The van der Waals surface area contributed by atoms with Crippen molar-refractivity contribution in [3.05, 3.63) is 0 Å². The Morgan fingerprint density at radius 2 is 1.53 bits per heavy atom. The minimum atomic E-state index is -1.53. The maximum absolute atomic E-state index is 12.2. The highest BCUT2D eigenvalue weighted by molar-refractivity contribution is 5.16. The Morgan fingerprint density at radius 1 is 0.791 bits per heavy atom. The number of fused-ring (bicyclic) bond motifs is 7. The zero-order valence-corrected chi connectivity index (χ0v) is 26.1. The van der Waals surface area contributed by atoms with Crippen LogP contribution in [-0.2, 0) is 18.9 Å². The molecule has 0 bridgehead atoms. The van der Waals surface area contributed by atoms with Crippen LogP contribution in [0.4, 0.5) is 0 Å². The van der Waals surface area contributed by atoms with E-state index in [4.69, 9.17) is 18.9 Å². The monoisotopic (exact) mass is 610 g/mol. The quantitative estimate of drug-likeness (QED) is 0.278. The lowest BCUT2D eigenvalue weighted by atomic mass is 9.44. The number of hydrogen-bond acceptors (Lipinski definition) is 10. The van der Waals surface area contributed by atoms with Gasteiger partial charge in [0.05, 0.1) is 18.8 Å². The lowest BCUT2D eigenvalue weighted by Gasteiger charge is -2.61. The van der Waals surface area contributed by atoms with Crippen LogP contribution in [0.5, 0.6) is 0 Å². The van der Waals surface area contributed by atoms with Gasteiger partial charge < -0.3 is 49.6 Å². The van der Waals surface area contributed by atoms with Gasteiger partial charge in [-0.1, -0.05) is 27.7 Å². The second-order valence-electron chi connectivity index (χ2n) is 16.1. The molecule has 3 heterocycles. The summed E-state index contributed by atoms with van der Waals surface area (Å²) in [6, 6.07) is 0. The van der Waals surface area contributed by atoms with Crippen LogP contribution < -0.4 is 0 Å². The third-order valence-corrected chi connectivity index (χ3v) is 14.2. The Kier molecular flexibility index (Phi) is 7.86. The van der Waals surface area contributed by atoms with Gasteiger partial charge >= 0.3 is 0 Å². The summed E-state index contributed by atoms with van der Waals surface area (Å²) < 4.78 is 24.5. The van der Waals surface area contributed by atoms with E-state index >= 15 is 0 Å². The number of rotatable bonds is 4. The first-order chi connectivity index (χ1) is 20.3. The van der Waals surface area contributed by atoms with E-state index in [2.05, 4.69) is 20.8 Å². The van der Waals surface area contributed by atoms with E-state index < -0.39 is 55.5 Å². The second-order valence-corrected chi connectivity index (χ2v) is 16.1. The summed E-state index contributed by atoms with van der Waals surface area (Å²) in [7, 11) is 0. The molecule has 43 heavy (non-hydrogen) atoms. The predicted molar refractivity (Wildman–Crippen MR) is 153 cm³/mol. The Hall–Kier alpha value is -0.400. The summed E-state index contributed by atoms with van der Waals surface area (Å²) in [5, 5.41) is 62.9. The minimum absolute atomic E-state index is 0.0308. The first kappa shape index (κ1) is 31.2. The summed E-state index contributed by atoms with van der Waals surface area (Å²) >= 11 is 0. The van der Waals surface area contributed by atoms with E-state index in [-0.39, 0.29) is 35.4 Å². The Morgan fingerprint density at radius 3 is 2.28 bits per heavy atom. The molecule has 0 amide bonds. The summed E-state index contributed by atoms with van der Waals surface area (Å²) in [5.41, 5.74) is 0.404. The van der Waals surface area contributed by atoms with Gasteiger partial charge in [0, 0.05) is 11.8 Å². The molecule has 4 aliphatic carbocycles. The molecule has 0 aromatic rings. The van der Waals surface area contributed by atoms with Crippen LogP contribution in [0.2, 0.25) is 0 Å². The topological polar surface area (TPSA) is 158 Å². The minimum Gasteiger partial charge on any atom is -0.394 e. The van der Waals surface area contributed by atoms with Crippen LogP contribution in [0.1, 0.15) is 85.5 Å². The fraction of sp³-hybridized carbons (Fsp3) is 1.00. The summed E-state index contributed by atoms with van der Waals surface area (Å²) in [6.45, 7) is 8.49. The van der Waals surface area contributed by atoms with Crippen LogP contribution in [0.25, 0.3) is 0 Å². The Balaban J connectivity index is 1.04. The van der Waals surface area contributed by atoms with E-state index in [1.54, 1.807) is 0 Å². The molecular formula is C33H54O10. The number of ether oxygens (including phenoxy) is 4. The Labute approximate surface area is 255 Å². The van der Waals surface area contributed by atoms with Crippen molar-refractivity contribution in [3.63, 3.8) is 0 Å². The SMILES string of the molecule is CC1CC(C2(O)OC3CC4C5CCC6CC(O)CCC6(C)C5CCC4(C)C3C2C)OC1OC1OC(CO)C(O)C(O)C1O. The van der Waals surface area contributed by atoms with Crippen molar-refractivity contribution in [2.24, 2.45) is 52.3 Å². The number of hydrogen-bond donors (Lipinski definition) is 6. The molecule has 10 heteroatoms. The van der Waals surface area contributed by atoms with Gasteiger partial charge in [-0.2, -0.15) is 0 Å². The second kappa shape index (κ2) is 10.8. The molecular weight excluding hydrogens is 556 g/mol. The van der Waals surface area contributed by atoms with E-state index in [1.165, 1.54) is 19.3 Å². The van der Waals surface area contributed by atoms with Crippen molar-refractivity contribution < 1.29 is 49.6 Å². The van der Waals surface area contributed by atoms with Crippen LogP contribution in [0.3, 0.4) is 0 Å². The average molecular weight is 611 g/mol. The van der Waals surface area contributed by atoms with Crippen LogP contribution in [0.15, 0.2) is 0 Å². The molecule has 3 aliphatic heterocycles. The number of aliphatic hydroxyl groups excluding tert-OH is 5. The molecule has 4 saturated carbocycles. The van der Waals surface area contributed by atoms with Crippen LogP contribution in [0, 0.1) is 52.3 Å². The van der Waals surface area contributed by atoms with Crippen molar-refractivity contribution in [2.45, 2.75) is 147 Å². The van der Waals surface area contributed by atoms with Gasteiger partial charge in [0.1, 0.15) is 30.5 Å². The van der Waals surface area contributed by atoms with E-state index in [9.17, 15) is 30.6 Å². The van der Waals surface area contributed by atoms with E-state index in [0.717, 1.165) is 32.1 Å². The molecule has 19 unspecified atom stereocenters. The van der Waals surface area contributed by atoms with Crippen molar-refractivity contribution in [1.29, 1.82) is 0 Å². The third-order valence-electron chi connectivity index (χ3n) is 14.2. The molecule has 3 saturated heterocycles. The number of aliphatic hydroxyl groups is 6. The molecule has 0 spiro atoms. The Bertz CT molecular complexity index is 1040. The summed E-state index contributed by atoms with van der Waals surface area (Å²) in [6.07, 6.45) is 0.787. The van der Waals surface area contributed by atoms with Gasteiger partial charge in [-0.3, -0.25) is 0 Å². The van der Waals surface area contributed by atoms with Gasteiger partial charge in [0.15, 0.2) is 18.4 Å². The fourth-order valence-corrected chi connectivity index (χ4v) is 11.8. The highest BCUT2D eigenvalue weighted by Gasteiger charge is 2.70. The lowest BCUT2D eigenvalue weighted by molar-refractivity contribution is -0.350.